The highest BCUT2D eigenvalue weighted by Gasteiger charge is 2.37. The van der Waals surface area contributed by atoms with Gasteiger partial charge < -0.3 is 10.6 Å². The number of carbonyl (C=O) groups excluding carboxylic acids is 3. The lowest BCUT2D eigenvalue weighted by Gasteiger charge is -2.14. The Kier molecular flexibility index (Phi) is 5.36. The molecule has 1 heterocycles. The number of nitrogens with zero attached hydrogens (tertiary/aromatic N) is 1. The molecule has 1 aromatic carbocycles. The molecule has 0 radical (unpaired) electrons. The summed E-state index contributed by atoms with van der Waals surface area (Å²) in [5.41, 5.74) is 1.46. The molecule has 0 unspecified atom stereocenters. The van der Waals surface area contributed by atoms with Crippen LogP contribution in [0.1, 0.15) is 33.6 Å². The normalized spacial score (nSPS) is 17.7. The fourth-order valence-electron chi connectivity index (χ4n) is 2.56. The third-order valence-electron chi connectivity index (χ3n) is 3.66. The van der Waals surface area contributed by atoms with Crippen LogP contribution in [-0.2, 0) is 14.4 Å². The molecule has 6 nitrogen and oxygen atoms in total. The van der Waals surface area contributed by atoms with E-state index < -0.39 is 6.04 Å². The Morgan fingerprint density at radius 1 is 1.22 bits per heavy atom. The molecule has 0 spiro atoms. The average molecular weight is 317 g/mol. The molecule has 2 rings (SSSR count). The first-order valence-electron chi connectivity index (χ1n) is 7.91. The number of hydrogen-bond acceptors (Lipinski definition) is 4. The number of benzene rings is 1. The number of hydrogen-bond donors (Lipinski definition) is 2. The predicted octanol–water partition coefficient (Wildman–Crippen LogP) is 2.23. The molecule has 23 heavy (non-hydrogen) atoms. The summed E-state index contributed by atoms with van der Waals surface area (Å²) in [6.45, 7) is 6.17. The number of amides is 3. The van der Waals surface area contributed by atoms with E-state index in [1.807, 2.05) is 13.8 Å². The Balaban J connectivity index is 1.94. The van der Waals surface area contributed by atoms with E-state index in [-0.39, 0.29) is 24.1 Å². The van der Waals surface area contributed by atoms with Crippen LogP contribution in [0, 0.1) is 5.92 Å². The van der Waals surface area contributed by atoms with E-state index in [1.54, 1.807) is 31.2 Å². The van der Waals surface area contributed by atoms with Crippen LogP contribution >= 0.6 is 0 Å². The summed E-state index contributed by atoms with van der Waals surface area (Å²) < 4.78 is 0. The van der Waals surface area contributed by atoms with Crippen LogP contribution in [0.15, 0.2) is 24.3 Å². The number of likely N-dealkylation sites (N-methyl/N-ethyl adjacent to an activating group) is 1. The fraction of sp³-hybridized carbons (Fsp3) is 0.471. The number of rotatable bonds is 6. The number of nitrogens with one attached hydrogen (secondary N) is 2. The van der Waals surface area contributed by atoms with Gasteiger partial charge in [-0.05, 0) is 37.1 Å². The first-order chi connectivity index (χ1) is 10.9. The molecule has 1 atom stereocenters. The van der Waals surface area contributed by atoms with Crippen molar-refractivity contribution in [1.29, 1.82) is 0 Å². The van der Waals surface area contributed by atoms with Gasteiger partial charge in [0.15, 0.2) is 0 Å². The highest BCUT2D eigenvalue weighted by atomic mass is 16.2. The Bertz CT molecular complexity index is 596. The SMILES string of the molecule is CCN1C(=O)C[C@@H](Nc2ccc(NC(=O)CC(C)C)cc2)C1=O. The lowest BCUT2D eigenvalue weighted by Crippen LogP contribution is -2.34. The highest BCUT2D eigenvalue weighted by Crippen LogP contribution is 2.20. The molecule has 0 aromatic heterocycles. The minimum absolute atomic E-state index is 0.0177. The largest absolute Gasteiger partial charge is 0.373 e. The molecule has 0 bridgehead atoms. The van der Waals surface area contributed by atoms with E-state index in [0.717, 1.165) is 5.69 Å². The van der Waals surface area contributed by atoms with Crippen molar-refractivity contribution in [2.75, 3.05) is 17.2 Å². The van der Waals surface area contributed by atoms with Gasteiger partial charge in [-0.1, -0.05) is 13.8 Å². The van der Waals surface area contributed by atoms with Crippen molar-refractivity contribution in [2.24, 2.45) is 5.92 Å². The van der Waals surface area contributed by atoms with Crippen molar-refractivity contribution in [3.8, 4) is 0 Å². The Morgan fingerprint density at radius 3 is 2.35 bits per heavy atom. The molecule has 6 heteroatoms. The van der Waals surface area contributed by atoms with Crippen LogP contribution in [-0.4, -0.2) is 35.2 Å². The zero-order chi connectivity index (χ0) is 17.0. The predicted molar refractivity (Wildman–Crippen MR) is 88.9 cm³/mol. The summed E-state index contributed by atoms with van der Waals surface area (Å²) in [7, 11) is 0. The Morgan fingerprint density at radius 2 is 1.83 bits per heavy atom. The van der Waals surface area contributed by atoms with Gasteiger partial charge >= 0.3 is 0 Å². The molecule has 1 saturated heterocycles. The van der Waals surface area contributed by atoms with Crippen molar-refractivity contribution in [2.45, 2.75) is 39.7 Å². The molecule has 0 saturated carbocycles. The first-order valence-corrected chi connectivity index (χ1v) is 7.91. The second-order valence-corrected chi connectivity index (χ2v) is 6.10. The van der Waals surface area contributed by atoms with E-state index in [9.17, 15) is 14.4 Å². The van der Waals surface area contributed by atoms with E-state index in [0.29, 0.717) is 24.6 Å². The van der Waals surface area contributed by atoms with Crippen LogP contribution in [0.3, 0.4) is 0 Å². The maximum Gasteiger partial charge on any atom is 0.252 e. The maximum absolute atomic E-state index is 12.1. The molecule has 1 aromatic rings. The second kappa shape index (κ2) is 7.26. The van der Waals surface area contributed by atoms with E-state index >= 15 is 0 Å². The molecule has 1 aliphatic rings. The summed E-state index contributed by atoms with van der Waals surface area (Å²) in [6.07, 6.45) is 0.658. The summed E-state index contributed by atoms with van der Waals surface area (Å²) in [5, 5.41) is 5.90. The van der Waals surface area contributed by atoms with Gasteiger partial charge in [-0.3, -0.25) is 19.3 Å². The van der Waals surface area contributed by atoms with Crippen molar-refractivity contribution >= 4 is 29.1 Å². The topological polar surface area (TPSA) is 78.5 Å². The first kappa shape index (κ1) is 17.0. The lowest BCUT2D eigenvalue weighted by atomic mass is 10.1. The van der Waals surface area contributed by atoms with Gasteiger partial charge in [0.1, 0.15) is 6.04 Å². The van der Waals surface area contributed by atoms with E-state index in [2.05, 4.69) is 10.6 Å². The summed E-state index contributed by atoms with van der Waals surface area (Å²) in [4.78, 5) is 36.7. The van der Waals surface area contributed by atoms with Gasteiger partial charge in [-0.15, -0.1) is 0 Å². The van der Waals surface area contributed by atoms with Crippen molar-refractivity contribution < 1.29 is 14.4 Å². The maximum atomic E-state index is 12.1. The van der Waals surface area contributed by atoms with Crippen LogP contribution in [0.5, 0.6) is 0 Å². The van der Waals surface area contributed by atoms with E-state index in [1.165, 1.54) is 4.90 Å². The summed E-state index contributed by atoms with van der Waals surface area (Å²) >= 11 is 0. The number of likely N-dealkylation sites (tertiary alicyclic amines) is 1. The molecular weight excluding hydrogens is 294 g/mol. The van der Waals surface area contributed by atoms with Gasteiger partial charge in [0.25, 0.3) is 5.91 Å². The number of carbonyl (C=O) groups is 3. The lowest BCUT2D eigenvalue weighted by molar-refractivity contribution is -0.138. The molecule has 124 valence electrons. The van der Waals surface area contributed by atoms with Crippen LogP contribution in [0.4, 0.5) is 11.4 Å². The van der Waals surface area contributed by atoms with Crippen molar-refractivity contribution in [1.82, 2.24) is 4.90 Å². The fourth-order valence-corrected chi connectivity index (χ4v) is 2.56. The quantitative estimate of drug-likeness (QED) is 0.789. The minimum atomic E-state index is -0.510. The Hall–Kier alpha value is -2.37. The van der Waals surface area contributed by atoms with Crippen molar-refractivity contribution in [3.63, 3.8) is 0 Å². The highest BCUT2D eigenvalue weighted by molar-refractivity contribution is 6.06. The van der Waals surface area contributed by atoms with Crippen LogP contribution in [0.2, 0.25) is 0 Å². The summed E-state index contributed by atoms with van der Waals surface area (Å²) in [6, 6.07) is 6.62. The molecule has 1 fully saturated rings. The molecule has 3 amide bonds. The Labute approximate surface area is 136 Å². The molecular formula is C17H23N3O3. The third-order valence-corrected chi connectivity index (χ3v) is 3.66. The minimum Gasteiger partial charge on any atom is -0.373 e. The van der Waals surface area contributed by atoms with Gasteiger partial charge in [-0.25, -0.2) is 0 Å². The van der Waals surface area contributed by atoms with Gasteiger partial charge in [0.05, 0.1) is 6.42 Å². The molecule has 1 aliphatic heterocycles. The zero-order valence-electron chi connectivity index (χ0n) is 13.8. The standard InChI is InChI=1S/C17H23N3O3/c1-4-20-16(22)10-14(17(20)23)18-12-5-7-13(8-6-12)19-15(21)9-11(2)3/h5-8,11,14,18H,4,9-10H2,1-3H3,(H,19,21)/t14-/m1/s1. The number of anilines is 2. The van der Waals surface area contributed by atoms with Gasteiger partial charge in [0.2, 0.25) is 11.8 Å². The second-order valence-electron chi connectivity index (χ2n) is 6.10. The van der Waals surface area contributed by atoms with Gasteiger partial charge in [0, 0.05) is 24.3 Å². The van der Waals surface area contributed by atoms with Crippen molar-refractivity contribution in [3.05, 3.63) is 24.3 Å². The smallest absolute Gasteiger partial charge is 0.252 e. The van der Waals surface area contributed by atoms with Gasteiger partial charge in [-0.2, -0.15) is 0 Å². The zero-order valence-corrected chi connectivity index (χ0v) is 13.8. The van der Waals surface area contributed by atoms with Crippen LogP contribution < -0.4 is 10.6 Å². The third kappa shape index (κ3) is 4.31. The average Bonchev–Trinajstić information content (AvgIpc) is 2.74. The monoisotopic (exact) mass is 317 g/mol. The summed E-state index contributed by atoms with van der Waals surface area (Å²) in [5.74, 6) is -0.0430. The molecule has 0 aliphatic carbocycles. The van der Waals surface area contributed by atoms with Crippen LogP contribution in [0.25, 0.3) is 0 Å². The van der Waals surface area contributed by atoms with E-state index in [4.69, 9.17) is 0 Å². The molecule has 2 N–H and O–H groups in total. The number of imide groups is 1.